The monoisotopic (exact) mass is 362 g/mol. The Hall–Kier alpha value is -2.59. The molecule has 2 aromatic carbocycles. The van der Waals surface area contributed by atoms with E-state index in [2.05, 4.69) is 59.4 Å². The van der Waals surface area contributed by atoms with Gasteiger partial charge < -0.3 is 9.26 Å². The van der Waals surface area contributed by atoms with Gasteiger partial charge in [-0.2, -0.15) is 0 Å². The molecule has 0 N–H and O–H groups in total. The first kappa shape index (κ1) is 17.8. The van der Waals surface area contributed by atoms with Crippen LogP contribution in [0, 0.1) is 0 Å². The Morgan fingerprint density at radius 2 is 1.89 bits per heavy atom. The molecule has 1 fully saturated rings. The maximum absolute atomic E-state index is 5.89. The van der Waals surface area contributed by atoms with Gasteiger partial charge in [0, 0.05) is 12.6 Å². The molecule has 2 heterocycles. The molecule has 4 rings (SSSR count). The summed E-state index contributed by atoms with van der Waals surface area (Å²) in [6.07, 6.45) is 3.25. The summed E-state index contributed by atoms with van der Waals surface area (Å²) in [5.41, 5.74) is 3.51. The number of likely N-dealkylation sites (tertiary alicyclic amines) is 1. The smallest absolute Gasteiger partial charge is 0.154 e. The van der Waals surface area contributed by atoms with Crippen molar-refractivity contribution < 1.29 is 9.26 Å². The SMILES string of the molecule is CCc1cc([C@@H]2CCCN2Cc2ccc(OCc3ccccc3)cc2)on1. The number of hydrogen-bond acceptors (Lipinski definition) is 4. The molecule has 0 unspecified atom stereocenters. The van der Waals surface area contributed by atoms with Crippen molar-refractivity contribution in [2.75, 3.05) is 6.54 Å². The topological polar surface area (TPSA) is 38.5 Å². The number of nitrogens with zero attached hydrogens (tertiary/aromatic N) is 2. The second kappa shape index (κ2) is 8.40. The maximum Gasteiger partial charge on any atom is 0.154 e. The predicted molar refractivity (Wildman–Crippen MR) is 105 cm³/mol. The fourth-order valence-corrected chi connectivity index (χ4v) is 3.66. The summed E-state index contributed by atoms with van der Waals surface area (Å²) in [6.45, 7) is 4.72. The molecule has 0 bridgehead atoms. The van der Waals surface area contributed by atoms with E-state index in [1.165, 1.54) is 17.5 Å². The van der Waals surface area contributed by atoms with Crippen molar-refractivity contribution in [3.05, 3.63) is 83.2 Å². The van der Waals surface area contributed by atoms with Gasteiger partial charge >= 0.3 is 0 Å². The molecule has 0 spiro atoms. The molecule has 3 aromatic rings. The van der Waals surface area contributed by atoms with E-state index >= 15 is 0 Å². The minimum atomic E-state index is 0.340. The van der Waals surface area contributed by atoms with Crippen molar-refractivity contribution in [1.82, 2.24) is 10.1 Å². The van der Waals surface area contributed by atoms with Crippen LogP contribution < -0.4 is 4.74 Å². The standard InChI is InChI=1S/C23H26N2O2/c1-2-20-15-23(27-24-20)22-9-6-14-25(22)16-18-10-12-21(13-11-18)26-17-19-7-4-3-5-8-19/h3-5,7-8,10-13,15,22H,2,6,9,14,16-17H2,1H3/t22-/m0/s1. The maximum atomic E-state index is 5.89. The van der Waals surface area contributed by atoms with Crippen LogP contribution in [0.3, 0.4) is 0 Å². The number of benzene rings is 2. The Morgan fingerprint density at radius 1 is 1.07 bits per heavy atom. The Bertz CT molecular complexity index is 842. The second-order valence-electron chi connectivity index (χ2n) is 7.12. The molecule has 1 aromatic heterocycles. The molecule has 1 aliphatic rings. The van der Waals surface area contributed by atoms with Crippen LogP contribution in [-0.2, 0) is 19.6 Å². The molecule has 140 valence electrons. The molecule has 0 saturated carbocycles. The third-order valence-corrected chi connectivity index (χ3v) is 5.19. The van der Waals surface area contributed by atoms with E-state index < -0.39 is 0 Å². The molecule has 1 atom stereocenters. The highest BCUT2D eigenvalue weighted by molar-refractivity contribution is 5.28. The first-order valence-electron chi connectivity index (χ1n) is 9.77. The van der Waals surface area contributed by atoms with Gasteiger partial charge in [-0.1, -0.05) is 54.5 Å². The third kappa shape index (κ3) is 4.40. The first-order valence-corrected chi connectivity index (χ1v) is 9.77. The highest BCUT2D eigenvalue weighted by atomic mass is 16.5. The van der Waals surface area contributed by atoms with Crippen molar-refractivity contribution in [2.45, 2.75) is 45.4 Å². The fourth-order valence-electron chi connectivity index (χ4n) is 3.66. The average Bonchev–Trinajstić information content (AvgIpc) is 3.37. The van der Waals surface area contributed by atoms with Crippen molar-refractivity contribution in [1.29, 1.82) is 0 Å². The lowest BCUT2D eigenvalue weighted by atomic mass is 10.1. The van der Waals surface area contributed by atoms with Crippen LogP contribution in [-0.4, -0.2) is 16.6 Å². The summed E-state index contributed by atoms with van der Waals surface area (Å²) in [5, 5.41) is 4.16. The average molecular weight is 362 g/mol. The largest absolute Gasteiger partial charge is 0.489 e. The van der Waals surface area contributed by atoms with E-state index in [9.17, 15) is 0 Å². The molecular formula is C23H26N2O2. The van der Waals surface area contributed by atoms with Crippen molar-refractivity contribution in [3.8, 4) is 5.75 Å². The molecule has 4 heteroatoms. The van der Waals surface area contributed by atoms with Gasteiger partial charge in [0.25, 0.3) is 0 Å². The summed E-state index contributed by atoms with van der Waals surface area (Å²) in [7, 11) is 0. The zero-order chi connectivity index (χ0) is 18.5. The van der Waals surface area contributed by atoms with Gasteiger partial charge in [-0.05, 0) is 49.1 Å². The summed E-state index contributed by atoms with van der Waals surface area (Å²) in [5.74, 6) is 1.91. The van der Waals surface area contributed by atoms with Gasteiger partial charge in [-0.25, -0.2) is 0 Å². The Morgan fingerprint density at radius 3 is 2.63 bits per heavy atom. The molecule has 1 saturated heterocycles. The molecule has 27 heavy (non-hydrogen) atoms. The third-order valence-electron chi connectivity index (χ3n) is 5.19. The lowest BCUT2D eigenvalue weighted by Crippen LogP contribution is -2.22. The van der Waals surface area contributed by atoms with E-state index in [-0.39, 0.29) is 0 Å². The van der Waals surface area contributed by atoms with Crippen LogP contribution in [0.25, 0.3) is 0 Å². The summed E-state index contributed by atoms with van der Waals surface area (Å²) in [6, 6.07) is 21.1. The normalized spacial score (nSPS) is 17.3. The van der Waals surface area contributed by atoms with Gasteiger partial charge in [-0.3, -0.25) is 4.90 Å². The highest BCUT2D eigenvalue weighted by Gasteiger charge is 2.29. The van der Waals surface area contributed by atoms with Gasteiger partial charge in [0.2, 0.25) is 0 Å². The quantitative estimate of drug-likeness (QED) is 0.582. The molecule has 0 aliphatic carbocycles. The predicted octanol–water partition coefficient (Wildman–Crippen LogP) is 5.15. The van der Waals surface area contributed by atoms with E-state index in [0.29, 0.717) is 12.6 Å². The Kier molecular flexibility index (Phi) is 5.54. The van der Waals surface area contributed by atoms with E-state index in [1.54, 1.807) is 0 Å². The second-order valence-corrected chi connectivity index (χ2v) is 7.12. The van der Waals surface area contributed by atoms with Crippen molar-refractivity contribution in [3.63, 3.8) is 0 Å². The lowest BCUT2D eigenvalue weighted by Gasteiger charge is -2.22. The van der Waals surface area contributed by atoms with Crippen LogP contribution in [0.1, 0.15) is 48.4 Å². The zero-order valence-corrected chi connectivity index (χ0v) is 15.8. The molecule has 4 nitrogen and oxygen atoms in total. The van der Waals surface area contributed by atoms with Crippen LogP contribution in [0.15, 0.2) is 65.2 Å². The van der Waals surface area contributed by atoms with Crippen LogP contribution in [0.2, 0.25) is 0 Å². The highest BCUT2D eigenvalue weighted by Crippen LogP contribution is 2.33. The summed E-state index contributed by atoms with van der Waals surface area (Å²) >= 11 is 0. The van der Waals surface area contributed by atoms with E-state index in [1.807, 2.05) is 18.2 Å². The Balaban J connectivity index is 1.36. The van der Waals surface area contributed by atoms with Crippen molar-refractivity contribution >= 4 is 0 Å². The number of rotatable bonds is 7. The van der Waals surface area contributed by atoms with Gasteiger partial charge in [0.15, 0.2) is 5.76 Å². The summed E-state index contributed by atoms with van der Waals surface area (Å²) < 4.78 is 11.5. The number of ether oxygens (including phenoxy) is 1. The number of aryl methyl sites for hydroxylation is 1. The van der Waals surface area contributed by atoms with Gasteiger partial charge in [0.05, 0.1) is 11.7 Å². The first-order chi connectivity index (χ1) is 13.3. The number of aromatic nitrogens is 1. The lowest BCUT2D eigenvalue weighted by molar-refractivity contribution is 0.206. The molecule has 1 aliphatic heterocycles. The minimum Gasteiger partial charge on any atom is -0.489 e. The van der Waals surface area contributed by atoms with Crippen molar-refractivity contribution in [2.24, 2.45) is 0 Å². The zero-order valence-electron chi connectivity index (χ0n) is 15.8. The fraction of sp³-hybridized carbons (Fsp3) is 0.348. The van der Waals surface area contributed by atoms with Crippen LogP contribution in [0.4, 0.5) is 0 Å². The van der Waals surface area contributed by atoms with E-state index in [4.69, 9.17) is 9.26 Å². The minimum absolute atomic E-state index is 0.340. The Labute approximate surface area is 160 Å². The van der Waals surface area contributed by atoms with E-state index in [0.717, 1.165) is 43.1 Å². The summed E-state index contributed by atoms with van der Waals surface area (Å²) in [4.78, 5) is 2.49. The molecule has 0 radical (unpaired) electrons. The van der Waals surface area contributed by atoms with Gasteiger partial charge in [0.1, 0.15) is 12.4 Å². The molecular weight excluding hydrogens is 336 g/mol. The number of hydrogen-bond donors (Lipinski definition) is 0. The van der Waals surface area contributed by atoms with Crippen LogP contribution in [0.5, 0.6) is 5.75 Å². The van der Waals surface area contributed by atoms with Gasteiger partial charge in [-0.15, -0.1) is 0 Å². The molecule has 0 amide bonds. The van der Waals surface area contributed by atoms with Crippen LogP contribution >= 0.6 is 0 Å².